The van der Waals surface area contributed by atoms with E-state index in [1.165, 1.54) is 0 Å². The molecule has 0 aliphatic carbocycles. The predicted octanol–water partition coefficient (Wildman–Crippen LogP) is 3.68. The van der Waals surface area contributed by atoms with E-state index in [0.29, 0.717) is 29.1 Å². The monoisotopic (exact) mass is 434 g/mol. The Morgan fingerprint density at radius 1 is 1.00 bits per heavy atom. The van der Waals surface area contributed by atoms with Crippen molar-refractivity contribution >= 4 is 19.4 Å². The molecule has 1 atom stereocenters. The highest BCUT2D eigenvalue weighted by molar-refractivity contribution is 7.59. The Hall–Kier alpha value is -1.82. The first-order valence-corrected chi connectivity index (χ1v) is 10.1. The summed E-state index contributed by atoms with van der Waals surface area (Å²) in [6, 6.07) is 18.2. The molecule has 2 aliphatic heterocycles. The Bertz CT molecular complexity index is 1050. The zero-order chi connectivity index (χ0) is 27.3. The number of hydrogen-bond donors (Lipinski definition) is 0. The summed E-state index contributed by atoms with van der Waals surface area (Å²) < 4.78 is 71.0. The smallest absolute Gasteiger partial charge is 0.238 e. The molecule has 2 saturated heterocycles. The maximum absolute atomic E-state index is 14.5. The van der Waals surface area contributed by atoms with Crippen molar-refractivity contribution in [3.63, 3.8) is 0 Å². The SMILES string of the molecule is S.[2H]C1([2H])OC([2H])([2H])C([2H])([2H])N(C[C@@H](C)C(C(=O)N2CCCC2)(c2ccccc2)c2ccccc2)C1([2H])[2H]. The van der Waals surface area contributed by atoms with Crippen LogP contribution in [0.1, 0.15) is 41.9 Å². The van der Waals surface area contributed by atoms with Crippen LogP contribution in [-0.2, 0) is 14.9 Å². The number of amides is 1. The molecular weight excluding hydrogens is 392 g/mol. The number of rotatable bonds is 6. The van der Waals surface area contributed by atoms with Crippen LogP contribution in [0.5, 0.6) is 0 Å². The van der Waals surface area contributed by atoms with Crippen molar-refractivity contribution in [2.24, 2.45) is 5.92 Å². The molecule has 2 aromatic rings. The van der Waals surface area contributed by atoms with Gasteiger partial charge in [-0.25, -0.2) is 0 Å². The lowest BCUT2D eigenvalue weighted by Crippen LogP contribution is -2.54. The van der Waals surface area contributed by atoms with Gasteiger partial charge in [0.2, 0.25) is 5.91 Å². The van der Waals surface area contributed by atoms with E-state index in [9.17, 15) is 4.79 Å². The highest BCUT2D eigenvalue weighted by Crippen LogP contribution is 2.42. The van der Waals surface area contributed by atoms with Crippen LogP contribution in [0.25, 0.3) is 0 Å². The second-order valence-electron chi connectivity index (χ2n) is 7.58. The largest absolute Gasteiger partial charge is 0.379 e. The Balaban J connectivity index is 0.00000400. The molecule has 2 fully saturated rings. The number of hydrogen-bond acceptors (Lipinski definition) is 3. The summed E-state index contributed by atoms with van der Waals surface area (Å²) in [5.41, 5.74) is -0.0754. The van der Waals surface area contributed by atoms with Crippen LogP contribution in [0.3, 0.4) is 0 Å². The summed E-state index contributed by atoms with van der Waals surface area (Å²) >= 11 is 0. The number of carbonyl (C=O) groups excluding carboxylic acids is 1. The normalized spacial score (nSPS) is 29.3. The number of nitrogens with zero attached hydrogens (tertiary/aromatic N) is 2. The van der Waals surface area contributed by atoms with Crippen molar-refractivity contribution < 1.29 is 20.5 Å². The summed E-state index contributed by atoms with van der Waals surface area (Å²) in [6.45, 7) is -9.99. The third kappa shape index (κ3) is 4.43. The molecule has 2 heterocycles. The molecule has 30 heavy (non-hydrogen) atoms. The van der Waals surface area contributed by atoms with Crippen LogP contribution in [-0.4, -0.2) is 61.5 Å². The Morgan fingerprint density at radius 2 is 1.50 bits per heavy atom. The molecule has 0 unspecified atom stereocenters. The first-order valence-electron chi connectivity index (χ1n) is 14.1. The number of carbonyl (C=O) groups is 1. The first-order chi connectivity index (χ1) is 17.2. The summed E-state index contributed by atoms with van der Waals surface area (Å²) in [4.78, 5) is 16.8. The van der Waals surface area contributed by atoms with Crippen molar-refractivity contribution in [3.05, 3.63) is 71.8 Å². The number of morpholine rings is 1. The lowest BCUT2D eigenvalue weighted by Gasteiger charge is -2.43. The van der Waals surface area contributed by atoms with Gasteiger partial charge in [0.1, 0.15) is 5.41 Å². The molecule has 0 saturated carbocycles. The molecule has 0 radical (unpaired) electrons. The van der Waals surface area contributed by atoms with E-state index in [1.54, 1.807) is 11.8 Å². The highest BCUT2D eigenvalue weighted by atomic mass is 32.1. The Morgan fingerprint density at radius 3 is 2.00 bits per heavy atom. The van der Waals surface area contributed by atoms with E-state index in [-0.39, 0.29) is 19.4 Å². The van der Waals surface area contributed by atoms with Gasteiger partial charge in [0.25, 0.3) is 0 Å². The van der Waals surface area contributed by atoms with Crippen molar-refractivity contribution in [3.8, 4) is 0 Å². The lowest BCUT2D eigenvalue weighted by atomic mass is 9.65. The standard InChI is InChI=1S/C25H32N2O2.H2S/c1-21(20-26-16-18-29-19-17-26)25(22-10-4-2-5-11-22,23-12-6-3-7-13-23)24(28)27-14-8-9-15-27;/h2-7,10-13,21H,8-9,14-20H2,1H3;1H2/t21-;/m1./s1/i16D2,17D2,18D2,19D2;. The molecule has 0 aromatic heterocycles. The molecule has 162 valence electrons. The quantitative estimate of drug-likeness (QED) is 0.695. The topological polar surface area (TPSA) is 32.8 Å². The Labute approximate surface area is 198 Å². The zero-order valence-corrected chi connectivity index (χ0v) is 18.1. The van der Waals surface area contributed by atoms with Crippen molar-refractivity contribution in [2.75, 3.05) is 45.7 Å². The van der Waals surface area contributed by atoms with E-state index in [1.807, 2.05) is 60.7 Å². The van der Waals surface area contributed by atoms with Gasteiger partial charge in [-0.3, -0.25) is 9.69 Å². The minimum absolute atomic E-state index is 0. The summed E-state index contributed by atoms with van der Waals surface area (Å²) in [6.07, 6.45) is 1.71. The molecular formula is C25H34N2O2S. The van der Waals surface area contributed by atoms with Gasteiger partial charge in [0.15, 0.2) is 0 Å². The molecule has 0 spiro atoms. The van der Waals surface area contributed by atoms with Gasteiger partial charge in [-0.15, -0.1) is 0 Å². The molecule has 0 bridgehead atoms. The minimum atomic E-state index is -3.15. The molecule has 2 aliphatic rings. The summed E-state index contributed by atoms with van der Waals surface area (Å²) in [5.74, 6) is -1.00. The second-order valence-corrected chi connectivity index (χ2v) is 7.58. The van der Waals surface area contributed by atoms with E-state index in [2.05, 4.69) is 4.74 Å². The molecule has 1 amide bonds. The zero-order valence-electron chi connectivity index (χ0n) is 25.1. The summed E-state index contributed by atoms with van der Waals surface area (Å²) in [5, 5.41) is 0. The van der Waals surface area contributed by atoms with Gasteiger partial charge >= 0.3 is 0 Å². The number of likely N-dealkylation sites (tertiary alicyclic amines) is 1. The fourth-order valence-electron chi connectivity index (χ4n) is 4.48. The average molecular weight is 435 g/mol. The average Bonchev–Trinajstić information content (AvgIpc) is 3.37. The van der Waals surface area contributed by atoms with Gasteiger partial charge in [-0.2, -0.15) is 13.5 Å². The Kier molecular flexibility index (Phi) is 4.98. The maximum atomic E-state index is 14.5. The molecule has 5 heteroatoms. The van der Waals surface area contributed by atoms with Crippen LogP contribution in [0.2, 0.25) is 0 Å². The van der Waals surface area contributed by atoms with Crippen LogP contribution >= 0.6 is 13.5 Å². The van der Waals surface area contributed by atoms with Crippen molar-refractivity contribution in [1.29, 1.82) is 0 Å². The van der Waals surface area contributed by atoms with E-state index >= 15 is 0 Å². The lowest BCUT2D eigenvalue weighted by molar-refractivity contribution is -0.137. The van der Waals surface area contributed by atoms with Crippen molar-refractivity contribution in [1.82, 2.24) is 9.80 Å². The highest BCUT2D eigenvalue weighted by Gasteiger charge is 2.49. The summed E-state index contributed by atoms with van der Waals surface area (Å²) in [7, 11) is 0. The van der Waals surface area contributed by atoms with Gasteiger partial charge < -0.3 is 9.64 Å². The fraction of sp³-hybridized carbons (Fsp3) is 0.480. The van der Waals surface area contributed by atoms with Gasteiger partial charge in [0.05, 0.1) is 18.6 Å². The van der Waals surface area contributed by atoms with Crippen LogP contribution in [0.4, 0.5) is 0 Å². The minimum Gasteiger partial charge on any atom is -0.379 e. The molecule has 2 aromatic carbocycles. The number of benzene rings is 2. The third-order valence-corrected chi connectivity index (χ3v) is 5.85. The van der Waals surface area contributed by atoms with Crippen molar-refractivity contribution in [2.45, 2.75) is 25.2 Å². The molecule has 4 rings (SSSR count). The van der Waals surface area contributed by atoms with Gasteiger partial charge in [-0.1, -0.05) is 67.6 Å². The molecule has 0 N–H and O–H groups in total. The van der Waals surface area contributed by atoms with Crippen LogP contribution in [0, 0.1) is 5.92 Å². The van der Waals surface area contributed by atoms with Crippen LogP contribution in [0.15, 0.2) is 60.7 Å². The third-order valence-electron chi connectivity index (χ3n) is 5.85. The van der Waals surface area contributed by atoms with Gasteiger partial charge in [-0.05, 0) is 29.9 Å². The predicted molar refractivity (Wildman–Crippen MR) is 126 cm³/mol. The van der Waals surface area contributed by atoms with E-state index in [4.69, 9.17) is 11.0 Å². The van der Waals surface area contributed by atoms with E-state index in [0.717, 1.165) is 12.8 Å². The van der Waals surface area contributed by atoms with Gasteiger partial charge in [0, 0.05) is 38.1 Å². The number of ether oxygens (including phenoxy) is 1. The van der Waals surface area contributed by atoms with Crippen LogP contribution < -0.4 is 0 Å². The fourth-order valence-corrected chi connectivity index (χ4v) is 4.48. The first kappa shape index (κ1) is 14.3. The second kappa shape index (κ2) is 10.5. The van der Waals surface area contributed by atoms with E-state index < -0.39 is 44.0 Å². The molecule has 4 nitrogen and oxygen atoms in total. The maximum Gasteiger partial charge on any atom is 0.238 e.